The standard InChI is InChI=1S/C22H14Cl2N4O/c23-17-5-2-6-18(24)16(17)11-21-27-19-8-7-14(10-20(19)28-21)22(29)26-15-4-1-3-13(9-15)12-25/h1-10H,11H2,(H,26,29)(H,27,28). The van der Waals surface area contributed by atoms with Crippen molar-refractivity contribution in [3.8, 4) is 6.07 Å². The van der Waals surface area contributed by atoms with Crippen LogP contribution in [0.4, 0.5) is 5.69 Å². The number of carbonyl (C=O) groups is 1. The monoisotopic (exact) mass is 420 g/mol. The largest absolute Gasteiger partial charge is 0.342 e. The lowest BCUT2D eigenvalue weighted by Crippen LogP contribution is -2.11. The van der Waals surface area contributed by atoms with Crippen LogP contribution in [-0.2, 0) is 6.42 Å². The van der Waals surface area contributed by atoms with E-state index in [1.165, 1.54) is 0 Å². The van der Waals surface area contributed by atoms with Gasteiger partial charge in [0, 0.05) is 27.7 Å². The third-order valence-corrected chi connectivity index (χ3v) is 5.16. The van der Waals surface area contributed by atoms with Gasteiger partial charge in [-0.15, -0.1) is 0 Å². The number of nitrogens with zero attached hydrogens (tertiary/aromatic N) is 2. The minimum Gasteiger partial charge on any atom is -0.342 e. The minimum absolute atomic E-state index is 0.271. The van der Waals surface area contributed by atoms with Crippen molar-refractivity contribution in [2.24, 2.45) is 0 Å². The second-order valence-corrected chi connectivity index (χ2v) is 7.25. The van der Waals surface area contributed by atoms with E-state index in [9.17, 15) is 4.79 Å². The number of amides is 1. The highest BCUT2D eigenvalue weighted by Crippen LogP contribution is 2.27. The summed E-state index contributed by atoms with van der Waals surface area (Å²) in [5, 5.41) is 12.9. The summed E-state index contributed by atoms with van der Waals surface area (Å²) in [7, 11) is 0. The Morgan fingerprint density at radius 1 is 1.07 bits per heavy atom. The third-order valence-electron chi connectivity index (χ3n) is 4.45. The number of fused-ring (bicyclic) bond motifs is 1. The number of nitriles is 1. The van der Waals surface area contributed by atoms with E-state index in [2.05, 4.69) is 21.4 Å². The Kier molecular flexibility index (Phi) is 5.22. The highest BCUT2D eigenvalue weighted by atomic mass is 35.5. The van der Waals surface area contributed by atoms with Crippen molar-refractivity contribution >= 4 is 45.8 Å². The fourth-order valence-electron chi connectivity index (χ4n) is 3.03. The molecule has 0 fully saturated rings. The predicted molar refractivity (Wildman–Crippen MR) is 114 cm³/mol. The quantitative estimate of drug-likeness (QED) is 0.451. The van der Waals surface area contributed by atoms with Gasteiger partial charge in [0.05, 0.1) is 22.7 Å². The molecular weight excluding hydrogens is 407 g/mol. The second-order valence-electron chi connectivity index (χ2n) is 6.44. The highest BCUT2D eigenvalue weighted by Gasteiger charge is 2.12. The van der Waals surface area contributed by atoms with Gasteiger partial charge >= 0.3 is 0 Å². The molecule has 5 nitrogen and oxygen atoms in total. The fraction of sp³-hybridized carbons (Fsp3) is 0.0455. The predicted octanol–water partition coefficient (Wildman–Crippen LogP) is 5.58. The first-order valence-corrected chi connectivity index (χ1v) is 9.52. The van der Waals surface area contributed by atoms with Gasteiger partial charge in [-0.25, -0.2) is 4.98 Å². The summed E-state index contributed by atoms with van der Waals surface area (Å²) in [5.74, 6) is 0.432. The molecule has 0 atom stereocenters. The van der Waals surface area contributed by atoms with Crippen molar-refractivity contribution in [3.63, 3.8) is 0 Å². The van der Waals surface area contributed by atoms with Gasteiger partial charge in [-0.05, 0) is 54.1 Å². The number of hydrogen-bond acceptors (Lipinski definition) is 3. The van der Waals surface area contributed by atoms with Gasteiger partial charge in [0.1, 0.15) is 5.82 Å². The lowest BCUT2D eigenvalue weighted by Gasteiger charge is -2.05. The molecule has 0 saturated heterocycles. The van der Waals surface area contributed by atoms with Crippen LogP contribution < -0.4 is 5.32 Å². The molecule has 1 aromatic heterocycles. The summed E-state index contributed by atoms with van der Waals surface area (Å²) in [6.45, 7) is 0. The van der Waals surface area contributed by atoms with Gasteiger partial charge in [0.15, 0.2) is 0 Å². The van der Waals surface area contributed by atoms with Crippen LogP contribution in [0.1, 0.15) is 27.3 Å². The zero-order valence-electron chi connectivity index (χ0n) is 15.0. The van der Waals surface area contributed by atoms with Crippen LogP contribution in [0.15, 0.2) is 60.7 Å². The van der Waals surface area contributed by atoms with Gasteiger partial charge in [-0.2, -0.15) is 5.26 Å². The highest BCUT2D eigenvalue weighted by molar-refractivity contribution is 6.36. The maximum Gasteiger partial charge on any atom is 0.255 e. The van der Waals surface area contributed by atoms with E-state index < -0.39 is 0 Å². The smallest absolute Gasteiger partial charge is 0.255 e. The molecule has 0 aliphatic carbocycles. The van der Waals surface area contributed by atoms with Crippen LogP contribution in [0.2, 0.25) is 10.0 Å². The number of halogens is 2. The van der Waals surface area contributed by atoms with E-state index in [1.807, 2.05) is 0 Å². The normalized spacial score (nSPS) is 10.7. The van der Waals surface area contributed by atoms with Gasteiger partial charge in [0.2, 0.25) is 0 Å². The van der Waals surface area contributed by atoms with Crippen molar-refractivity contribution in [2.45, 2.75) is 6.42 Å². The van der Waals surface area contributed by atoms with E-state index in [4.69, 9.17) is 28.5 Å². The molecule has 0 spiro atoms. The topological polar surface area (TPSA) is 81.6 Å². The summed E-state index contributed by atoms with van der Waals surface area (Å²) in [6, 6.07) is 19.4. The Bertz CT molecular complexity index is 1250. The molecule has 142 valence electrons. The van der Waals surface area contributed by atoms with Crippen molar-refractivity contribution in [1.82, 2.24) is 9.97 Å². The van der Waals surface area contributed by atoms with Crippen molar-refractivity contribution in [3.05, 3.63) is 93.2 Å². The molecule has 0 saturated carbocycles. The van der Waals surface area contributed by atoms with Crippen LogP contribution in [0, 0.1) is 11.3 Å². The van der Waals surface area contributed by atoms with Crippen molar-refractivity contribution < 1.29 is 4.79 Å². The van der Waals surface area contributed by atoms with E-state index in [-0.39, 0.29) is 5.91 Å². The average molecular weight is 421 g/mol. The Morgan fingerprint density at radius 3 is 2.59 bits per heavy atom. The van der Waals surface area contributed by atoms with Crippen molar-refractivity contribution in [1.29, 1.82) is 5.26 Å². The Balaban J connectivity index is 1.58. The Labute approximate surface area is 176 Å². The van der Waals surface area contributed by atoms with Crippen LogP contribution in [0.3, 0.4) is 0 Å². The van der Waals surface area contributed by atoms with Crippen LogP contribution in [-0.4, -0.2) is 15.9 Å². The maximum atomic E-state index is 12.6. The summed E-state index contributed by atoms with van der Waals surface area (Å²) in [6.07, 6.45) is 0.454. The SMILES string of the molecule is N#Cc1cccc(NC(=O)c2ccc3nc(Cc4c(Cl)cccc4Cl)[nH]c3c2)c1. The van der Waals surface area contributed by atoms with Crippen LogP contribution in [0.25, 0.3) is 11.0 Å². The number of H-pyrrole nitrogens is 1. The van der Waals surface area contributed by atoms with Gasteiger partial charge in [-0.1, -0.05) is 35.3 Å². The summed E-state index contributed by atoms with van der Waals surface area (Å²) in [5.41, 5.74) is 3.80. The summed E-state index contributed by atoms with van der Waals surface area (Å²) < 4.78 is 0. The summed E-state index contributed by atoms with van der Waals surface area (Å²) >= 11 is 12.5. The van der Waals surface area contributed by atoms with E-state index in [1.54, 1.807) is 60.7 Å². The number of imidazole rings is 1. The molecule has 0 aliphatic heterocycles. The second kappa shape index (κ2) is 7.96. The molecule has 0 unspecified atom stereocenters. The Hall–Kier alpha value is -3.33. The van der Waals surface area contributed by atoms with E-state index in [0.717, 1.165) is 16.6 Å². The maximum absolute atomic E-state index is 12.6. The molecule has 0 radical (unpaired) electrons. The van der Waals surface area contributed by atoms with Crippen LogP contribution >= 0.6 is 23.2 Å². The zero-order chi connectivity index (χ0) is 20.4. The van der Waals surface area contributed by atoms with E-state index in [0.29, 0.717) is 39.1 Å². The molecule has 1 amide bonds. The number of benzene rings is 3. The number of carbonyl (C=O) groups excluding carboxylic acids is 1. The summed E-state index contributed by atoms with van der Waals surface area (Å²) in [4.78, 5) is 20.4. The van der Waals surface area contributed by atoms with Gasteiger partial charge in [0.25, 0.3) is 5.91 Å². The van der Waals surface area contributed by atoms with E-state index >= 15 is 0 Å². The Morgan fingerprint density at radius 2 is 1.83 bits per heavy atom. The lowest BCUT2D eigenvalue weighted by molar-refractivity contribution is 0.102. The molecule has 2 N–H and O–H groups in total. The number of nitrogens with one attached hydrogen (secondary N) is 2. The average Bonchev–Trinajstić information content (AvgIpc) is 3.12. The third kappa shape index (κ3) is 4.09. The molecule has 4 rings (SSSR count). The molecule has 1 heterocycles. The zero-order valence-corrected chi connectivity index (χ0v) is 16.6. The van der Waals surface area contributed by atoms with Crippen molar-refractivity contribution in [2.75, 3.05) is 5.32 Å². The first-order valence-electron chi connectivity index (χ1n) is 8.76. The fourth-order valence-corrected chi connectivity index (χ4v) is 3.56. The molecule has 29 heavy (non-hydrogen) atoms. The number of hydrogen-bond donors (Lipinski definition) is 2. The molecular formula is C22H14Cl2N4O. The molecule has 7 heteroatoms. The first-order chi connectivity index (χ1) is 14.0. The first kappa shape index (κ1) is 19.0. The van der Waals surface area contributed by atoms with Crippen LogP contribution in [0.5, 0.6) is 0 Å². The lowest BCUT2D eigenvalue weighted by atomic mass is 10.1. The minimum atomic E-state index is -0.271. The molecule has 0 bridgehead atoms. The van der Waals surface area contributed by atoms with Gasteiger partial charge < -0.3 is 10.3 Å². The number of rotatable bonds is 4. The number of aromatic nitrogens is 2. The number of aromatic amines is 1. The molecule has 0 aliphatic rings. The van der Waals surface area contributed by atoms with Gasteiger partial charge in [-0.3, -0.25) is 4.79 Å². The number of anilines is 1. The molecule has 4 aromatic rings. The molecule has 3 aromatic carbocycles.